The molecule has 0 aliphatic heterocycles. The van der Waals surface area contributed by atoms with Crippen LogP contribution < -0.4 is 20.3 Å². The van der Waals surface area contributed by atoms with Gasteiger partial charge < -0.3 is 14.8 Å². The van der Waals surface area contributed by atoms with Gasteiger partial charge >= 0.3 is 0 Å². The number of anilines is 1. The molecule has 1 aliphatic carbocycles. The molecule has 7 nitrogen and oxygen atoms in total. The number of nitrogens with zero attached hydrogens (tertiary/aromatic N) is 1. The number of halogens is 2. The number of carbonyl (C=O) groups is 2. The van der Waals surface area contributed by atoms with E-state index >= 15 is 0 Å². The number of hydrogen-bond donors (Lipinski definition) is 1. The number of amides is 1. The molecule has 35 heavy (non-hydrogen) atoms. The summed E-state index contributed by atoms with van der Waals surface area (Å²) in [4.78, 5) is 40.2. The maximum atomic E-state index is 13.6. The lowest BCUT2D eigenvalue weighted by molar-refractivity contribution is 0.0910. The van der Waals surface area contributed by atoms with Crippen LogP contribution in [0.25, 0.3) is 5.69 Å². The number of rotatable bonds is 5. The number of pyridine rings is 1. The number of aromatic nitrogens is 1. The highest BCUT2D eigenvalue weighted by Gasteiger charge is 2.36. The first kappa shape index (κ1) is 24.5. The molecule has 3 aromatic rings. The first-order chi connectivity index (χ1) is 16.5. The molecule has 0 spiro atoms. The summed E-state index contributed by atoms with van der Waals surface area (Å²) in [7, 11) is 2.87. The van der Waals surface area contributed by atoms with Crippen LogP contribution in [0.4, 0.5) is 10.1 Å². The van der Waals surface area contributed by atoms with Gasteiger partial charge in [-0.15, -0.1) is 0 Å². The van der Waals surface area contributed by atoms with E-state index < -0.39 is 22.7 Å². The minimum Gasteiger partial charge on any atom is -0.495 e. The summed E-state index contributed by atoms with van der Waals surface area (Å²) in [6.07, 6.45) is 2.06. The quantitative estimate of drug-likeness (QED) is 0.531. The molecular formula is C26H24ClFN2O5. The second kappa shape index (κ2) is 9.19. The molecular weight excluding hydrogens is 475 g/mol. The van der Waals surface area contributed by atoms with E-state index in [2.05, 4.69) is 5.32 Å². The summed E-state index contributed by atoms with van der Waals surface area (Å²) < 4.78 is 25.2. The number of benzene rings is 2. The third-order valence-electron chi connectivity index (χ3n) is 5.97. The Morgan fingerprint density at radius 2 is 1.71 bits per heavy atom. The first-order valence-corrected chi connectivity index (χ1v) is 11.2. The molecule has 0 atom stereocenters. The molecule has 1 amide bonds. The van der Waals surface area contributed by atoms with Crippen LogP contribution in [0.1, 0.15) is 46.5 Å². The van der Waals surface area contributed by atoms with Crippen molar-refractivity contribution in [3.8, 4) is 17.2 Å². The largest absolute Gasteiger partial charge is 0.495 e. The predicted molar refractivity (Wildman–Crippen MR) is 131 cm³/mol. The minimum absolute atomic E-state index is 0.165. The van der Waals surface area contributed by atoms with Gasteiger partial charge in [-0.2, -0.15) is 0 Å². The average molecular weight is 499 g/mol. The van der Waals surface area contributed by atoms with Crippen molar-refractivity contribution in [1.82, 2.24) is 4.57 Å². The van der Waals surface area contributed by atoms with Gasteiger partial charge in [-0.05, 0) is 47.7 Å². The van der Waals surface area contributed by atoms with Crippen molar-refractivity contribution in [3.63, 3.8) is 0 Å². The summed E-state index contributed by atoms with van der Waals surface area (Å²) in [5, 5.41) is 2.94. The topological polar surface area (TPSA) is 86.6 Å². The standard InChI is InChI=1S/C26H24ClFN2O5/c1-26(2)11-16-17(20(31)12-26)13-30(15-7-5-14(28)6-8-15)25(33)23(16)24(32)29-19-9-18(27)21(34-3)10-22(19)35-4/h5-10,13H,11-12H2,1-4H3,(H,29,32). The van der Waals surface area contributed by atoms with Crippen molar-refractivity contribution in [2.75, 3.05) is 19.5 Å². The Morgan fingerprint density at radius 3 is 2.34 bits per heavy atom. The van der Waals surface area contributed by atoms with E-state index in [0.717, 1.165) is 0 Å². The molecule has 0 unspecified atom stereocenters. The second-order valence-corrected chi connectivity index (χ2v) is 9.54. The van der Waals surface area contributed by atoms with Crippen LogP contribution in [0.3, 0.4) is 0 Å². The molecule has 0 bridgehead atoms. The fraction of sp³-hybridized carbons (Fsp3) is 0.269. The highest BCUT2D eigenvalue weighted by atomic mass is 35.5. The van der Waals surface area contributed by atoms with Gasteiger partial charge in [0.05, 0.1) is 24.9 Å². The first-order valence-electron chi connectivity index (χ1n) is 10.8. The number of Topliss-reactive ketones (excluding diaryl/α,β-unsaturated/α-hetero) is 1. The molecule has 182 valence electrons. The number of hydrogen-bond acceptors (Lipinski definition) is 5. The molecule has 9 heteroatoms. The third-order valence-corrected chi connectivity index (χ3v) is 6.26. The number of ketones is 1. The smallest absolute Gasteiger partial charge is 0.268 e. The Labute approximate surface area is 206 Å². The lowest BCUT2D eigenvalue weighted by atomic mass is 9.73. The van der Waals surface area contributed by atoms with E-state index in [4.69, 9.17) is 21.1 Å². The molecule has 0 fully saturated rings. The maximum Gasteiger partial charge on any atom is 0.268 e. The molecule has 0 radical (unpaired) electrons. The van der Waals surface area contributed by atoms with Crippen molar-refractivity contribution in [2.45, 2.75) is 26.7 Å². The van der Waals surface area contributed by atoms with E-state index in [1.165, 1.54) is 61.4 Å². The van der Waals surface area contributed by atoms with Gasteiger partial charge in [0.2, 0.25) is 0 Å². The average Bonchev–Trinajstić information content (AvgIpc) is 2.79. The van der Waals surface area contributed by atoms with Gasteiger partial charge in [0.1, 0.15) is 22.9 Å². The van der Waals surface area contributed by atoms with Crippen LogP contribution in [0.5, 0.6) is 11.5 Å². The number of methoxy groups -OCH3 is 2. The van der Waals surface area contributed by atoms with Crippen LogP contribution in [0.2, 0.25) is 5.02 Å². The Kier molecular flexibility index (Phi) is 6.42. The maximum absolute atomic E-state index is 13.6. The van der Waals surface area contributed by atoms with Crippen LogP contribution >= 0.6 is 11.6 Å². The molecule has 1 heterocycles. The predicted octanol–water partition coefficient (Wildman–Crippen LogP) is 5.05. The summed E-state index contributed by atoms with van der Waals surface area (Å²) >= 11 is 6.24. The second-order valence-electron chi connectivity index (χ2n) is 9.13. The zero-order chi connectivity index (χ0) is 25.5. The number of fused-ring (bicyclic) bond motifs is 1. The zero-order valence-electron chi connectivity index (χ0n) is 19.7. The number of carbonyl (C=O) groups excluding carboxylic acids is 2. The minimum atomic E-state index is -0.715. The Balaban J connectivity index is 1.90. The van der Waals surface area contributed by atoms with Gasteiger partial charge in [-0.3, -0.25) is 19.0 Å². The summed E-state index contributed by atoms with van der Waals surface area (Å²) in [6, 6.07) is 8.21. The summed E-state index contributed by atoms with van der Waals surface area (Å²) in [5.41, 5.74) is 0.00280. The monoisotopic (exact) mass is 498 g/mol. The molecule has 4 rings (SSSR count). The van der Waals surface area contributed by atoms with Crippen LogP contribution in [0.15, 0.2) is 47.4 Å². The van der Waals surface area contributed by atoms with Crippen LogP contribution in [0, 0.1) is 11.2 Å². The van der Waals surface area contributed by atoms with Gasteiger partial charge in [0.15, 0.2) is 5.78 Å². The van der Waals surface area contributed by atoms with Gasteiger partial charge in [-0.1, -0.05) is 25.4 Å². The summed E-state index contributed by atoms with van der Waals surface area (Å²) in [6.45, 7) is 3.82. The Morgan fingerprint density at radius 1 is 1.06 bits per heavy atom. The Hall–Kier alpha value is -3.65. The van der Waals surface area contributed by atoms with Crippen molar-refractivity contribution >= 4 is 29.0 Å². The normalized spacial score (nSPS) is 14.3. The molecule has 0 saturated carbocycles. The lowest BCUT2D eigenvalue weighted by Gasteiger charge is -2.31. The van der Waals surface area contributed by atoms with Crippen LogP contribution in [-0.4, -0.2) is 30.5 Å². The highest BCUT2D eigenvalue weighted by Crippen LogP contribution is 2.38. The molecule has 1 aliphatic rings. The summed E-state index contributed by atoms with van der Waals surface area (Å²) in [5.74, 6) is -0.734. The van der Waals surface area contributed by atoms with E-state index in [1.807, 2.05) is 13.8 Å². The van der Waals surface area contributed by atoms with Gasteiger partial charge in [-0.25, -0.2) is 4.39 Å². The Bertz CT molecular complexity index is 1400. The van der Waals surface area contributed by atoms with Gasteiger partial charge in [0, 0.05) is 29.9 Å². The fourth-order valence-electron chi connectivity index (χ4n) is 4.31. The molecule has 0 saturated heterocycles. The third kappa shape index (κ3) is 4.66. The molecule has 1 aromatic heterocycles. The van der Waals surface area contributed by atoms with Crippen molar-refractivity contribution in [2.24, 2.45) is 5.41 Å². The SMILES string of the molecule is COc1cc(OC)c(NC(=O)c2c3c(cn(-c4ccc(F)cc4)c2=O)C(=O)CC(C)(C)C3)cc1Cl. The van der Waals surface area contributed by atoms with Gasteiger partial charge in [0.25, 0.3) is 11.5 Å². The number of ether oxygens (including phenoxy) is 2. The van der Waals surface area contributed by atoms with E-state index in [-0.39, 0.29) is 39.8 Å². The van der Waals surface area contributed by atoms with Crippen molar-refractivity contribution in [3.05, 3.63) is 80.5 Å². The van der Waals surface area contributed by atoms with E-state index in [0.29, 0.717) is 23.4 Å². The molecule has 2 aromatic carbocycles. The lowest BCUT2D eigenvalue weighted by Crippen LogP contribution is -2.37. The fourth-order valence-corrected chi connectivity index (χ4v) is 4.56. The number of nitrogens with one attached hydrogen (secondary N) is 1. The highest BCUT2D eigenvalue weighted by molar-refractivity contribution is 6.32. The van der Waals surface area contributed by atoms with Crippen molar-refractivity contribution in [1.29, 1.82) is 0 Å². The molecule has 1 N–H and O–H groups in total. The van der Waals surface area contributed by atoms with E-state index in [1.54, 1.807) is 0 Å². The van der Waals surface area contributed by atoms with Crippen molar-refractivity contribution < 1.29 is 23.5 Å². The van der Waals surface area contributed by atoms with E-state index in [9.17, 15) is 18.8 Å². The van der Waals surface area contributed by atoms with Crippen LogP contribution in [-0.2, 0) is 6.42 Å². The zero-order valence-corrected chi connectivity index (χ0v) is 20.5.